The van der Waals surface area contributed by atoms with Crippen molar-refractivity contribution in [2.75, 3.05) is 5.32 Å². The summed E-state index contributed by atoms with van der Waals surface area (Å²) in [5.41, 5.74) is -1.88. The van der Waals surface area contributed by atoms with Gasteiger partial charge >= 0.3 is 0 Å². The third kappa shape index (κ3) is 4.46. The maximum atomic E-state index is 14.4. The Balaban J connectivity index is 1.34. The monoisotopic (exact) mass is 567 g/mol. The minimum Gasteiger partial charge on any atom is -0.381 e. The zero-order valence-electron chi connectivity index (χ0n) is 23.4. The van der Waals surface area contributed by atoms with Crippen LogP contribution in [0, 0.1) is 11.3 Å². The van der Waals surface area contributed by atoms with E-state index >= 15 is 0 Å². The third-order valence-corrected chi connectivity index (χ3v) is 9.34. The van der Waals surface area contributed by atoms with Crippen molar-refractivity contribution >= 4 is 50.5 Å². The Morgan fingerprint density at radius 1 is 0.698 bits per heavy atom. The number of nitrogens with one attached hydrogen (secondary N) is 1. The van der Waals surface area contributed by atoms with Crippen molar-refractivity contribution < 1.29 is 24.3 Å². The smallest absolute Gasteiger partial charge is 0.225 e. The van der Waals surface area contributed by atoms with Gasteiger partial charge in [0.25, 0.3) is 0 Å². The summed E-state index contributed by atoms with van der Waals surface area (Å²) in [7, 11) is 0. The van der Waals surface area contributed by atoms with E-state index in [0.717, 1.165) is 21.5 Å². The molecule has 1 aliphatic carbocycles. The fourth-order valence-corrected chi connectivity index (χ4v) is 7.00. The molecule has 2 N–H and O–H groups in total. The fourth-order valence-electron chi connectivity index (χ4n) is 7.00. The molecule has 2 aliphatic rings. The third-order valence-electron chi connectivity index (χ3n) is 9.34. The Hall–Kier alpha value is -4.94. The van der Waals surface area contributed by atoms with Gasteiger partial charge in [0.1, 0.15) is 5.60 Å². The van der Waals surface area contributed by atoms with Gasteiger partial charge in [-0.3, -0.25) is 19.2 Å². The van der Waals surface area contributed by atoms with Gasteiger partial charge in [-0.25, -0.2) is 0 Å². The van der Waals surface area contributed by atoms with Crippen LogP contribution in [0.3, 0.4) is 0 Å². The van der Waals surface area contributed by atoms with Crippen molar-refractivity contribution in [1.29, 1.82) is 0 Å². The second kappa shape index (κ2) is 10.1. The number of amides is 1. The molecule has 1 saturated carbocycles. The van der Waals surface area contributed by atoms with Crippen molar-refractivity contribution in [1.82, 2.24) is 0 Å². The van der Waals surface area contributed by atoms with E-state index in [1.807, 2.05) is 60.7 Å². The quantitative estimate of drug-likeness (QED) is 0.233. The molecule has 0 radical (unpaired) electrons. The fraction of sp³-hybridized carbons (Fsp3) is 0.189. The van der Waals surface area contributed by atoms with Gasteiger partial charge in [0.15, 0.2) is 17.3 Å². The summed E-state index contributed by atoms with van der Waals surface area (Å²) < 4.78 is 0. The molecule has 1 fully saturated rings. The second-order valence-electron chi connectivity index (χ2n) is 11.9. The van der Waals surface area contributed by atoms with Gasteiger partial charge in [-0.15, -0.1) is 0 Å². The Morgan fingerprint density at radius 3 is 1.98 bits per heavy atom. The first-order valence-electron chi connectivity index (χ1n) is 14.5. The Labute approximate surface area is 248 Å². The van der Waals surface area contributed by atoms with Crippen LogP contribution in [0.1, 0.15) is 56.8 Å². The molecule has 0 saturated heterocycles. The highest BCUT2D eigenvalue weighted by Gasteiger charge is 2.58. The van der Waals surface area contributed by atoms with Crippen LogP contribution in [0.5, 0.6) is 0 Å². The first-order valence-corrected chi connectivity index (χ1v) is 14.5. The van der Waals surface area contributed by atoms with Gasteiger partial charge in [-0.05, 0) is 65.1 Å². The first-order chi connectivity index (χ1) is 20.8. The molecule has 43 heavy (non-hydrogen) atoms. The lowest BCUT2D eigenvalue weighted by Crippen LogP contribution is -2.56. The standard InChI is InChI=1S/C37H29NO5/c39-32-22-36(35(42)29-11-5-6-12-31(29)38-32)17-18-37(43,34(41)28-16-14-24-8-2-4-10-26(24)20-28)30(21-36)33(40)27-15-13-23-7-1-3-9-25(23)19-27/h1-16,19-20,30,43H,17-18,21-22H2,(H,38,39)/t30-,36+,37-/m1/s1. The largest absolute Gasteiger partial charge is 0.381 e. The lowest BCUT2D eigenvalue weighted by Gasteiger charge is -2.46. The summed E-state index contributed by atoms with van der Waals surface area (Å²) in [4.78, 5) is 56.0. The SMILES string of the molecule is O=C1C[C@@]2(CC[C@](O)(C(=O)c3ccc4ccccc4c3)[C@@H](C(=O)c3ccc4ccccc4c3)C2)C(=O)c2ccccc2N1. The molecule has 212 valence electrons. The van der Waals surface area contributed by atoms with Crippen molar-refractivity contribution in [3.8, 4) is 0 Å². The number of fused-ring (bicyclic) bond motifs is 3. The van der Waals surface area contributed by atoms with Gasteiger partial charge in [0.05, 0.1) is 11.6 Å². The molecule has 3 atom stereocenters. The highest BCUT2D eigenvalue weighted by atomic mass is 16.3. The number of para-hydroxylation sites is 1. The topological polar surface area (TPSA) is 101 Å². The first kappa shape index (κ1) is 26.9. The van der Waals surface area contributed by atoms with Crippen LogP contribution in [0.15, 0.2) is 109 Å². The van der Waals surface area contributed by atoms with Crippen molar-refractivity contribution in [2.24, 2.45) is 11.3 Å². The van der Waals surface area contributed by atoms with Crippen LogP contribution in [0.25, 0.3) is 21.5 Å². The number of hydrogen-bond acceptors (Lipinski definition) is 5. The summed E-state index contributed by atoms with van der Waals surface area (Å²) in [6.07, 6.45) is -0.313. The van der Waals surface area contributed by atoms with Crippen molar-refractivity contribution in [3.05, 3.63) is 126 Å². The molecule has 1 amide bonds. The van der Waals surface area contributed by atoms with E-state index in [-0.39, 0.29) is 37.4 Å². The minimum atomic E-state index is -2.07. The highest BCUT2D eigenvalue weighted by molar-refractivity contribution is 6.14. The number of rotatable bonds is 4. The van der Waals surface area contributed by atoms with Crippen LogP contribution >= 0.6 is 0 Å². The van der Waals surface area contributed by atoms with Crippen LogP contribution < -0.4 is 5.32 Å². The number of carbonyl (C=O) groups excluding carboxylic acids is 4. The molecule has 1 aliphatic heterocycles. The number of aliphatic hydroxyl groups is 1. The van der Waals surface area contributed by atoms with Gasteiger partial charge < -0.3 is 10.4 Å². The van der Waals surface area contributed by atoms with Gasteiger partial charge in [0, 0.05) is 28.5 Å². The number of anilines is 1. The Bertz CT molecular complexity index is 1980. The number of ketones is 3. The average Bonchev–Trinajstić information content (AvgIpc) is 3.14. The summed E-state index contributed by atoms with van der Waals surface area (Å²) in [5.74, 6) is -2.81. The summed E-state index contributed by atoms with van der Waals surface area (Å²) in [5, 5.41) is 18.7. The predicted octanol–water partition coefficient (Wildman–Crippen LogP) is 6.80. The molecule has 0 aromatic heterocycles. The lowest BCUT2D eigenvalue weighted by molar-refractivity contribution is -0.119. The summed E-state index contributed by atoms with van der Waals surface area (Å²) in [6.45, 7) is 0. The zero-order chi connectivity index (χ0) is 29.8. The van der Waals surface area contributed by atoms with E-state index < -0.39 is 28.5 Å². The maximum absolute atomic E-state index is 14.4. The number of Topliss-reactive ketones (excluding diaryl/α,β-unsaturated/α-hetero) is 3. The molecule has 5 aromatic carbocycles. The molecule has 6 heteroatoms. The molecular formula is C37H29NO5. The van der Waals surface area contributed by atoms with Gasteiger partial charge in [-0.1, -0.05) is 84.9 Å². The Morgan fingerprint density at radius 2 is 1.28 bits per heavy atom. The van der Waals surface area contributed by atoms with Crippen molar-refractivity contribution in [2.45, 2.75) is 31.3 Å². The van der Waals surface area contributed by atoms with Crippen LogP contribution in [0.2, 0.25) is 0 Å². The van der Waals surface area contributed by atoms with Crippen LogP contribution in [0.4, 0.5) is 5.69 Å². The summed E-state index contributed by atoms with van der Waals surface area (Å²) in [6, 6.07) is 32.6. The molecule has 1 heterocycles. The number of carbonyl (C=O) groups is 4. The van der Waals surface area contributed by atoms with E-state index in [0.29, 0.717) is 22.4 Å². The van der Waals surface area contributed by atoms with E-state index in [2.05, 4.69) is 5.32 Å². The van der Waals surface area contributed by atoms with Crippen LogP contribution in [-0.2, 0) is 4.79 Å². The molecule has 0 unspecified atom stereocenters. The Kier molecular flexibility index (Phi) is 6.33. The highest BCUT2D eigenvalue weighted by Crippen LogP contribution is 2.52. The van der Waals surface area contributed by atoms with Crippen molar-refractivity contribution in [3.63, 3.8) is 0 Å². The van der Waals surface area contributed by atoms with Gasteiger partial charge in [0.2, 0.25) is 5.91 Å². The van der Waals surface area contributed by atoms with Crippen LogP contribution in [-0.4, -0.2) is 34.0 Å². The van der Waals surface area contributed by atoms with E-state index in [9.17, 15) is 24.3 Å². The average molecular weight is 568 g/mol. The zero-order valence-corrected chi connectivity index (χ0v) is 23.4. The maximum Gasteiger partial charge on any atom is 0.225 e. The summed E-state index contributed by atoms with van der Waals surface area (Å²) >= 11 is 0. The molecule has 6 nitrogen and oxygen atoms in total. The molecule has 0 bridgehead atoms. The molecule has 5 aromatic rings. The molecule has 7 rings (SSSR count). The molecular weight excluding hydrogens is 538 g/mol. The van der Waals surface area contributed by atoms with E-state index in [1.54, 1.807) is 48.5 Å². The minimum absolute atomic E-state index is 0.0882. The second-order valence-corrected chi connectivity index (χ2v) is 11.9. The van der Waals surface area contributed by atoms with Gasteiger partial charge in [-0.2, -0.15) is 0 Å². The number of benzene rings is 5. The van der Waals surface area contributed by atoms with E-state index in [1.165, 1.54) is 0 Å². The number of hydrogen-bond donors (Lipinski definition) is 2. The molecule has 1 spiro atoms. The lowest BCUT2D eigenvalue weighted by atomic mass is 9.56. The van der Waals surface area contributed by atoms with E-state index in [4.69, 9.17) is 0 Å². The predicted molar refractivity (Wildman–Crippen MR) is 165 cm³/mol. The normalized spacial score (nSPS) is 23.5.